The zero-order chi connectivity index (χ0) is 13.3. The summed E-state index contributed by atoms with van der Waals surface area (Å²) in [5.41, 5.74) is 8.72. The van der Waals surface area contributed by atoms with Gasteiger partial charge in [0, 0.05) is 12.2 Å². The van der Waals surface area contributed by atoms with Gasteiger partial charge in [0.25, 0.3) is 0 Å². The highest BCUT2D eigenvalue weighted by Gasteiger charge is 2.18. The summed E-state index contributed by atoms with van der Waals surface area (Å²) in [5.74, 6) is 2.02. The van der Waals surface area contributed by atoms with E-state index in [1.807, 2.05) is 18.5 Å². The molecule has 2 N–H and O–H groups in total. The standard InChI is InChI=1S/C15H23N3/c1-10(2)13(11(3)4)8-18-9-17-14-7-12(16)5-6-15(14)18/h5-7,9-11,13H,8,16H2,1-4H3. The number of benzene rings is 1. The van der Waals surface area contributed by atoms with Crippen molar-refractivity contribution in [3.8, 4) is 0 Å². The highest BCUT2D eigenvalue weighted by atomic mass is 15.0. The fourth-order valence-electron chi connectivity index (χ4n) is 2.64. The molecule has 0 aliphatic carbocycles. The molecule has 3 heteroatoms. The van der Waals surface area contributed by atoms with Crippen LogP contribution >= 0.6 is 0 Å². The highest BCUT2D eigenvalue weighted by Crippen LogP contribution is 2.25. The smallest absolute Gasteiger partial charge is 0.0958 e. The second kappa shape index (κ2) is 5.01. The number of rotatable bonds is 4. The van der Waals surface area contributed by atoms with E-state index in [2.05, 4.69) is 43.3 Å². The molecular formula is C15H23N3. The van der Waals surface area contributed by atoms with Gasteiger partial charge in [-0.15, -0.1) is 0 Å². The molecular weight excluding hydrogens is 222 g/mol. The number of aromatic nitrogens is 2. The van der Waals surface area contributed by atoms with Crippen molar-refractivity contribution in [1.82, 2.24) is 9.55 Å². The first kappa shape index (κ1) is 12.9. The van der Waals surface area contributed by atoms with Crippen molar-refractivity contribution in [2.24, 2.45) is 17.8 Å². The molecule has 2 aromatic rings. The molecule has 1 aromatic carbocycles. The molecule has 0 radical (unpaired) electrons. The SMILES string of the molecule is CC(C)C(Cn1cnc2cc(N)ccc21)C(C)C. The lowest BCUT2D eigenvalue weighted by molar-refractivity contribution is 0.254. The molecule has 0 amide bonds. The number of nitrogens with two attached hydrogens (primary N) is 1. The van der Waals surface area contributed by atoms with Crippen LogP contribution in [0.3, 0.4) is 0 Å². The minimum absolute atomic E-state index is 0.667. The molecule has 18 heavy (non-hydrogen) atoms. The van der Waals surface area contributed by atoms with Crippen molar-refractivity contribution in [2.45, 2.75) is 34.2 Å². The Morgan fingerprint density at radius 3 is 2.44 bits per heavy atom. The van der Waals surface area contributed by atoms with Gasteiger partial charge in [0.15, 0.2) is 0 Å². The summed E-state index contributed by atoms with van der Waals surface area (Å²) in [6.45, 7) is 10.2. The lowest BCUT2D eigenvalue weighted by Crippen LogP contribution is -2.21. The van der Waals surface area contributed by atoms with Crippen LogP contribution in [0.25, 0.3) is 11.0 Å². The molecule has 0 saturated carbocycles. The molecule has 0 bridgehead atoms. The first-order valence-electron chi connectivity index (χ1n) is 6.69. The third kappa shape index (κ3) is 2.50. The van der Waals surface area contributed by atoms with Crippen molar-refractivity contribution in [3.05, 3.63) is 24.5 Å². The first-order valence-corrected chi connectivity index (χ1v) is 6.69. The van der Waals surface area contributed by atoms with Crippen molar-refractivity contribution in [2.75, 3.05) is 5.73 Å². The topological polar surface area (TPSA) is 43.8 Å². The molecule has 1 heterocycles. The van der Waals surface area contributed by atoms with E-state index in [0.717, 1.165) is 17.7 Å². The van der Waals surface area contributed by atoms with Gasteiger partial charge in [0.05, 0.1) is 17.4 Å². The van der Waals surface area contributed by atoms with Crippen LogP contribution in [0.15, 0.2) is 24.5 Å². The predicted molar refractivity (Wildman–Crippen MR) is 77.3 cm³/mol. The molecule has 0 aliphatic rings. The van der Waals surface area contributed by atoms with E-state index in [1.54, 1.807) is 0 Å². The summed E-state index contributed by atoms with van der Waals surface area (Å²) < 4.78 is 2.25. The van der Waals surface area contributed by atoms with E-state index in [1.165, 1.54) is 5.52 Å². The second-order valence-electron chi connectivity index (χ2n) is 5.80. The van der Waals surface area contributed by atoms with E-state index < -0.39 is 0 Å². The van der Waals surface area contributed by atoms with Crippen LogP contribution in [-0.4, -0.2) is 9.55 Å². The van der Waals surface area contributed by atoms with Gasteiger partial charge in [0.2, 0.25) is 0 Å². The molecule has 0 atom stereocenters. The van der Waals surface area contributed by atoms with Crippen molar-refractivity contribution in [1.29, 1.82) is 0 Å². The van der Waals surface area contributed by atoms with Crippen molar-refractivity contribution in [3.63, 3.8) is 0 Å². The molecule has 3 nitrogen and oxygen atoms in total. The minimum atomic E-state index is 0.667. The number of hydrogen-bond acceptors (Lipinski definition) is 2. The average Bonchev–Trinajstić information content (AvgIpc) is 2.67. The molecule has 0 spiro atoms. The van der Waals surface area contributed by atoms with Crippen molar-refractivity contribution < 1.29 is 0 Å². The van der Waals surface area contributed by atoms with Gasteiger partial charge >= 0.3 is 0 Å². The summed E-state index contributed by atoms with van der Waals surface area (Å²) in [6, 6.07) is 5.95. The van der Waals surface area contributed by atoms with Gasteiger partial charge in [0.1, 0.15) is 0 Å². The van der Waals surface area contributed by atoms with E-state index in [9.17, 15) is 0 Å². The minimum Gasteiger partial charge on any atom is -0.399 e. The predicted octanol–water partition coefficient (Wildman–Crippen LogP) is 3.55. The summed E-state index contributed by atoms with van der Waals surface area (Å²) in [5, 5.41) is 0. The third-order valence-electron chi connectivity index (χ3n) is 3.77. The number of hydrogen-bond donors (Lipinski definition) is 1. The normalized spacial score (nSPS) is 12.2. The monoisotopic (exact) mass is 245 g/mol. The number of nitrogen functional groups attached to an aromatic ring is 1. The van der Waals surface area contributed by atoms with E-state index in [-0.39, 0.29) is 0 Å². The highest BCUT2D eigenvalue weighted by molar-refractivity contribution is 5.78. The van der Waals surface area contributed by atoms with Crippen LogP contribution in [0.4, 0.5) is 5.69 Å². The average molecular weight is 245 g/mol. The number of anilines is 1. The molecule has 0 aliphatic heterocycles. The van der Waals surface area contributed by atoms with Gasteiger partial charge in [-0.2, -0.15) is 0 Å². The van der Waals surface area contributed by atoms with Gasteiger partial charge in [-0.1, -0.05) is 27.7 Å². The van der Waals surface area contributed by atoms with Crippen LogP contribution in [0, 0.1) is 17.8 Å². The largest absolute Gasteiger partial charge is 0.399 e. The number of imidazole rings is 1. The van der Waals surface area contributed by atoms with Gasteiger partial charge in [-0.25, -0.2) is 4.98 Å². The first-order chi connectivity index (χ1) is 8.49. The second-order valence-corrected chi connectivity index (χ2v) is 5.80. The molecule has 0 unspecified atom stereocenters. The van der Waals surface area contributed by atoms with Gasteiger partial charge in [-0.3, -0.25) is 0 Å². The Hall–Kier alpha value is -1.51. The molecule has 98 valence electrons. The quantitative estimate of drug-likeness (QED) is 0.837. The Labute approximate surface area is 109 Å². The number of nitrogens with zero attached hydrogens (tertiary/aromatic N) is 2. The number of fused-ring (bicyclic) bond motifs is 1. The maximum Gasteiger partial charge on any atom is 0.0958 e. The maximum atomic E-state index is 5.78. The summed E-state index contributed by atoms with van der Waals surface area (Å²) in [7, 11) is 0. The maximum absolute atomic E-state index is 5.78. The Balaban J connectivity index is 2.31. The molecule has 1 aromatic heterocycles. The van der Waals surface area contributed by atoms with Crippen LogP contribution in [0.2, 0.25) is 0 Å². The fraction of sp³-hybridized carbons (Fsp3) is 0.533. The van der Waals surface area contributed by atoms with Crippen LogP contribution < -0.4 is 5.73 Å². The van der Waals surface area contributed by atoms with E-state index in [4.69, 9.17) is 5.73 Å². The molecule has 0 fully saturated rings. The fourth-order valence-corrected chi connectivity index (χ4v) is 2.64. The van der Waals surface area contributed by atoms with Gasteiger partial charge < -0.3 is 10.3 Å². The van der Waals surface area contributed by atoms with Crippen LogP contribution in [0.5, 0.6) is 0 Å². The Morgan fingerprint density at radius 1 is 1.17 bits per heavy atom. The summed E-state index contributed by atoms with van der Waals surface area (Å²) >= 11 is 0. The van der Waals surface area contributed by atoms with Crippen molar-refractivity contribution >= 4 is 16.7 Å². The Morgan fingerprint density at radius 2 is 1.83 bits per heavy atom. The Kier molecular flexibility index (Phi) is 3.60. The zero-order valence-electron chi connectivity index (χ0n) is 11.7. The summed E-state index contributed by atoms with van der Waals surface area (Å²) in [4.78, 5) is 4.43. The van der Waals surface area contributed by atoms with E-state index >= 15 is 0 Å². The van der Waals surface area contributed by atoms with Crippen LogP contribution in [-0.2, 0) is 6.54 Å². The zero-order valence-corrected chi connectivity index (χ0v) is 11.7. The van der Waals surface area contributed by atoms with Crippen LogP contribution in [0.1, 0.15) is 27.7 Å². The summed E-state index contributed by atoms with van der Waals surface area (Å²) in [6.07, 6.45) is 1.93. The lowest BCUT2D eigenvalue weighted by atomic mass is 9.85. The van der Waals surface area contributed by atoms with Gasteiger partial charge in [-0.05, 0) is 36.0 Å². The Bertz CT molecular complexity index is 518. The third-order valence-corrected chi connectivity index (χ3v) is 3.77. The molecule has 0 saturated heterocycles. The molecule has 2 rings (SSSR count). The van der Waals surface area contributed by atoms with E-state index in [0.29, 0.717) is 17.8 Å². The lowest BCUT2D eigenvalue weighted by Gasteiger charge is -2.25.